The molecule has 0 radical (unpaired) electrons. The second-order valence-electron chi connectivity index (χ2n) is 13.9. The van der Waals surface area contributed by atoms with Crippen molar-refractivity contribution in [1.82, 2.24) is 0 Å². The lowest BCUT2D eigenvalue weighted by molar-refractivity contribution is 1.28. The van der Waals surface area contributed by atoms with E-state index in [1.165, 1.54) is 15.9 Å². The Kier molecular flexibility index (Phi) is 10.9. The first-order valence-electron chi connectivity index (χ1n) is 19.6. The van der Waals surface area contributed by atoms with Gasteiger partial charge in [-0.2, -0.15) is 0 Å². The zero-order valence-corrected chi connectivity index (χ0v) is 32.9. The molecule has 9 aromatic carbocycles. The van der Waals surface area contributed by atoms with Crippen molar-refractivity contribution in [3.8, 4) is 0 Å². The summed E-state index contributed by atoms with van der Waals surface area (Å²) >= 11 is 0. The van der Waals surface area contributed by atoms with E-state index in [1.807, 2.05) is 0 Å². The molecule has 9 rings (SSSR count). The molecule has 9 aromatic rings. The fourth-order valence-corrected chi connectivity index (χ4v) is 9.95. The number of para-hydroxylation sites is 6. The molecular formula is C54H42N3P. The standard InChI is InChI=1S/C54H42N3P/c1-7-22-43(23-8-1)55(44-24-9-2-10-25-44)49-34-19-37-52(40-49)58(53-38-20-35-50(41-53)56(45-26-11-3-12-27-45)46-28-13-4-14-29-46)54-39-21-36-51(42-54)57(47-30-15-5-16-31-47)48-32-17-6-18-33-48/h1-42H. The molecule has 58 heavy (non-hydrogen) atoms. The third kappa shape index (κ3) is 7.90. The second-order valence-corrected chi connectivity index (χ2v) is 16.1. The molecule has 0 spiro atoms. The van der Waals surface area contributed by atoms with Gasteiger partial charge < -0.3 is 14.7 Å². The molecule has 0 saturated carbocycles. The molecule has 3 nitrogen and oxygen atoms in total. The number of hydrogen-bond donors (Lipinski definition) is 0. The zero-order chi connectivity index (χ0) is 38.9. The Hall–Kier alpha value is -7.19. The lowest BCUT2D eigenvalue weighted by Crippen LogP contribution is -2.23. The molecule has 0 aromatic heterocycles. The number of hydrogen-bond acceptors (Lipinski definition) is 3. The van der Waals surface area contributed by atoms with Gasteiger partial charge in [0.15, 0.2) is 0 Å². The van der Waals surface area contributed by atoms with Gasteiger partial charge in [0.05, 0.1) is 0 Å². The Morgan fingerprint density at radius 3 is 0.586 bits per heavy atom. The van der Waals surface area contributed by atoms with Crippen molar-refractivity contribution in [3.63, 3.8) is 0 Å². The third-order valence-electron chi connectivity index (χ3n) is 10.1. The van der Waals surface area contributed by atoms with E-state index < -0.39 is 7.92 Å². The van der Waals surface area contributed by atoms with Gasteiger partial charge in [-0.1, -0.05) is 146 Å². The van der Waals surface area contributed by atoms with Crippen molar-refractivity contribution in [1.29, 1.82) is 0 Å². The molecule has 0 aliphatic heterocycles. The Morgan fingerprint density at radius 1 is 0.190 bits per heavy atom. The molecule has 0 bridgehead atoms. The first kappa shape index (κ1) is 36.4. The first-order chi connectivity index (χ1) is 28.8. The fraction of sp³-hybridized carbons (Fsp3) is 0. The average molecular weight is 764 g/mol. The smallest absolute Gasteiger partial charge is 0.0468 e. The summed E-state index contributed by atoms with van der Waals surface area (Å²) in [4.78, 5) is 7.05. The number of benzene rings is 9. The van der Waals surface area contributed by atoms with Crippen LogP contribution in [0.1, 0.15) is 0 Å². The molecule has 0 aliphatic carbocycles. The highest BCUT2D eigenvalue weighted by molar-refractivity contribution is 7.79. The molecule has 278 valence electrons. The molecule has 0 aliphatic rings. The topological polar surface area (TPSA) is 9.72 Å². The van der Waals surface area contributed by atoms with Crippen LogP contribution in [0.5, 0.6) is 0 Å². The van der Waals surface area contributed by atoms with Gasteiger partial charge in [-0.15, -0.1) is 0 Å². The van der Waals surface area contributed by atoms with Crippen LogP contribution in [-0.4, -0.2) is 0 Å². The van der Waals surface area contributed by atoms with E-state index in [2.05, 4.69) is 269 Å². The SMILES string of the molecule is c1ccc(N(c2ccccc2)c2cccc(P(c3cccc(N(c4ccccc4)c4ccccc4)c3)c3cccc(N(c4ccccc4)c4ccccc4)c3)c2)cc1. The summed E-state index contributed by atoms with van der Waals surface area (Å²) in [5, 5.41) is 3.78. The van der Waals surface area contributed by atoms with E-state index in [9.17, 15) is 0 Å². The maximum atomic E-state index is 2.39. The molecule has 0 amide bonds. The zero-order valence-electron chi connectivity index (χ0n) is 32.0. The van der Waals surface area contributed by atoms with Gasteiger partial charge in [-0.3, -0.25) is 0 Å². The normalized spacial score (nSPS) is 10.9. The van der Waals surface area contributed by atoms with Gasteiger partial charge >= 0.3 is 0 Å². The second kappa shape index (κ2) is 17.3. The maximum absolute atomic E-state index is 2.39. The number of nitrogens with zero attached hydrogens (tertiary/aromatic N) is 3. The molecule has 0 unspecified atom stereocenters. The van der Waals surface area contributed by atoms with Crippen LogP contribution >= 0.6 is 7.92 Å². The number of rotatable bonds is 12. The molecule has 0 saturated heterocycles. The van der Waals surface area contributed by atoms with Gasteiger partial charge in [0.25, 0.3) is 0 Å². The highest BCUT2D eigenvalue weighted by Gasteiger charge is 2.23. The number of anilines is 9. The summed E-state index contributed by atoms with van der Waals surface area (Å²) in [5.41, 5.74) is 10.0. The van der Waals surface area contributed by atoms with Gasteiger partial charge in [0.2, 0.25) is 0 Å². The van der Waals surface area contributed by atoms with Crippen LogP contribution in [0.4, 0.5) is 51.2 Å². The summed E-state index contributed by atoms with van der Waals surface area (Å²) in [7, 11) is -1.06. The van der Waals surface area contributed by atoms with Crippen molar-refractivity contribution < 1.29 is 0 Å². The lowest BCUT2D eigenvalue weighted by atomic mass is 10.2. The summed E-state index contributed by atoms with van der Waals surface area (Å²) in [6.45, 7) is 0. The summed E-state index contributed by atoms with van der Waals surface area (Å²) in [5.74, 6) is 0. The summed E-state index contributed by atoms with van der Waals surface area (Å²) < 4.78 is 0. The van der Waals surface area contributed by atoms with Crippen molar-refractivity contribution in [2.75, 3.05) is 14.7 Å². The van der Waals surface area contributed by atoms with Gasteiger partial charge in [-0.25, -0.2) is 0 Å². The van der Waals surface area contributed by atoms with E-state index in [1.54, 1.807) is 0 Å². The predicted molar refractivity (Wildman–Crippen MR) is 249 cm³/mol. The van der Waals surface area contributed by atoms with Crippen LogP contribution < -0.4 is 30.6 Å². The van der Waals surface area contributed by atoms with Crippen molar-refractivity contribution in [3.05, 3.63) is 255 Å². The van der Waals surface area contributed by atoms with Crippen LogP contribution in [0, 0.1) is 0 Å². The average Bonchev–Trinajstić information content (AvgIpc) is 3.30. The lowest BCUT2D eigenvalue weighted by Gasteiger charge is -2.29. The van der Waals surface area contributed by atoms with E-state index in [0.29, 0.717) is 0 Å². The minimum atomic E-state index is -1.06. The first-order valence-corrected chi connectivity index (χ1v) is 21.0. The maximum Gasteiger partial charge on any atom is 0.0468 e. The highest BCUT2D eigenvalue weighted by Crippen LogP contribution is 2.42. The predicted octanol–water partition coefficient (Wildman–Crippen LogP) is 13.9. The van der Waals surface area contributed by atoms with E-state index in [-0.39, 0.29) is 0 Å². The quantitative estimate of drug-likeness (QED) is 0.115. The van der Waals surface area contributed by atoms with Crippen LogP contribution in [0.25, 0.3) is 0 Å². The minimum absolute atomic E-state index is 1.06. The van der Waals surface area contributed by atoms with E-state index >= 15 is 0 Å². The molecule has 0 N–H and O–H groups in total. The Bertz CT molecular complexity index is 2260. The van der Waals surface area contributed by atoms with Crippen LogP contribution in [-0.2, 0) is 0 Å². The fourth-order valence-electron chi connectivity index (χ4n) is 7.56. The Balaban J connectivity index is 1.23. The summed E-state index contributed by atoms with van der Waals surface area (Å²) in [6, 6.07) is 91.3. The van der Waals surface area contributed by atoms with Gasteiger partial charge in [-0.05, 0) is 133 Å². The van der Waals surface area contributed by atoms with Crippen LogP contribution in [0.3, 0.4) is 0 Å². The van der Waals surface area contributed by atoms with Crippen molar-refractivity contribution >= 4 is 75.0 Å². The highest BCUT2D eigenvalue weighted by atomic mass is 31.1. The Morgan fingerprint density at radius 2 is 0.379 bits per heavy atom. The van der Waals surface area contributed by atoms with Gasteiger partial charge in [0.1, 0.15) is 0 Å². The molecule has 0 heterocycles. The Labute approximate surface area is 343 Å². The van der Waals surface area contributed by atoms with Crippen LogP contribution in [0.15, 0.2) is 255 Å². The third-order valence-corrected chi connectivity index (χ3v) is 12.5. The van der Waals surface area contributed by atoms with E-state index in [4.69, 9.17) is 0 Å². The summed E-state index contributed by atoms with van der Waals surface area (Å²) in [6.07, 6.45) is 0. The van der Waals surface area contributed by atoms with Crippen molar-refractivity contribution in [2.24, 2.45) is 0 Å². The van der Waals surface area contributed by atoms with Crippen molar-refractivity contribution in [2.45, 2.75) is 0 Å². The molecule has 0 fully saturated rings. The minimum Gasteiger partial charge on any atom is -0.310 e. The van der Waals surface area contributed by atoms with E-state index in [0.717, 1.165) is 51.2 Å². The van der Waals surface area contributed by atoms with Crippen LogP contribution in [0.2, 0.25) is 0 Å². The molecule has 4 heteroatoms. The molecule has 0 atom stereocenters. The van der Waals surface area contributed by atoms with Gasteiger partial charge in [0, 0.05) is 51.2 Å². The largest absolute Gasteiger partial charge is 0.310 e. The molecular weight excluding hydrogens is 722 g/mol. The monoisotopic (exact) mass is 763 g/mol.